The molecule has 0 N–H and O–H groups in total. The molecule has 8 rings (SSSR count). The summed E-state index contributed by atoms with van der Waals surface area (Å²) in [5.74, 6) is 1.27. The van der Waals surface area contributed by atoms with E-state index in [2.05, 4.69) is 34.2 Å². The lowest BCUT2D eigenvalue weighted by Gasteiger charge is -2.26. The summed E-state index contributed by atoms with van der Waals surface area (Å²) in [6.45, 7) is 1.31. The third-order valence-electron chi connectivity index (χ3n) is 10.9. The first kappa shape index (κ1) is 39.8. The molecule has 0 amide bonds. The number of esters is 2. The van der Waals surface area contributed by atoms with Crippen LogP contribution in [-0.2, 0) is 22.3 Å². The summed E-state index contributed by atoms with van der Waals surface area (Å²) in [4.78, 5) is 32.3. The maximum absolute atomic E-state index is 13.2. The predicted molar refractivity (Wildman–Crippen MR) is 217 cm³/mol. The van der Waals surface area contributed by atoms with Gasteiger partial charge in [-0.1, -0.05) is 48.5 Å². The Labute approximate surface area is 336 Å². The highest BCUT2D eigenvalue weighted by Crippen LogP contribution is 2.40. The minimum atomic E-state index is -0.335. The fourth-order valence-electron chi connectivity index (χ4n) is 7.70. The van der Waals surface area contributed by atoms with E-state index < -0.39 is 0 Å². The smallest absolute Gasteiger partial charge is 0.338 e. The first-order valence-corrected chi connectivity index (χ1v) is 19.4. The molecule has 0 radical (unpaired) electrons. The number of pyridine rings is 2. The van der Waals surface area contributed by atoms with Gasteiger partial charge in [0.2, 0.25) is 0 Å². The largest absolute Gasteiger partial charge is 0.493 e. The van der Waals surface area contributed by atoms with Crippen LogP contribution in [0.5, 0.6) is 11.5 Å². The summed E-state index contributed by atoms with van der Waals surface area (Å²) in [5, 5.41) is 0. The number of fused-ring (bicyclic) bond motifs is 2. The highest BCUT2D eigenvalue weighted by atomic mass is 19.1. The van der Waals surface area contributed by atoms with Gasteiger partial charge < -0.3 is 18.9 Å². The van der Waals surface area contributed by atoms with Crippen LogP contribution in [0.4, 0.5) is 8.78 Å². The predicted octanol–water partition coefficient (Wildman–Crippen LogP) is 10.3. The quantitative estimate of drug-likeness (QED) is 0.127. The molecule has 4 aromatic carbocycles. The molecule has 0 saturated carbocycles. The zero-order valence-corrected chi connectivity index (χ0v) is 32.5. The Morgan fingerprint density at radius 1 is 0.586 bits per heavy atom. The van der Waals surface area contributed by atoms with Gasteiger partial charge in [-0.3, -0.25) is 9.97 Å². The fraction of sp³-hybridized carbons (Fsp3) is 0.250. The Bertz CT molecular complexity index is 2200. The molecule has 8 nitrogen and oxygen atoms in total. The second-order valence-electron chi connectivity index (χ2n) is 14.3. The number of hydrogen-bond donors (Lipinski definition) is 0. The third kappa shape index (κ3) is 9.40. The van der Waals surface area contributed by atoms with E-state index in [4.69, 9.17) is 18.9 Å². The molecule has 296 valence electrons. The zero-order chi connectivity index (χ0) is 40.4. The summed E-state index contributed by atoms with van der Waals surface area (Å²) in [6.07, 6.45) is 11.8. The van der Waals surface area contributed by atoms with Crippen molar-refractivity contribution in [3.05, 3.63) is 167 Å². The number of hydrogen-bond acceptors (Lipinski definition) is 8. The molecule has 0 spiro atoms. The van der Waals surface area contributed by atoms with Gasteiger partial charge in [0.05, 0.1) is 38.6 Å². The zero-order valence-electron chi connectivity index (χ0n) is 32.5. The number of rotatable bonds is 10. The molecule has 4 heterocycles. The number of methoxy groups -OCH3 is 2. The highest BCUT2D eigenvalue weighted by Gasteiger charge is 2.25. The van der Waals surface area contributed by atoms with E-state index in [0.29, 0.717) is 36.2 Å². The topological polar surface area (TPSA) is 96.8 Å². The lowest BCUT2D eigenvalue weighted by atomic mass is 9.86. The molecule has 0 fully saturated rings. The van der Waals surface area contributed by atoms with Crippen molar-refractivity contribution in [3.8, 4) is 33.8 Å². The maximum atomic E-state index is 13.2. The second kappa shape index (κ2) is 18.7. The first-order valence-electron chi connectivity index (χ1n) is 19.4. The summed E-state index contributed by atoms with van der Waals surface area (Å²) in [6, 6.07) is 28.7. The monoisotopic (exact) mass is 782 g/mol. The average Bonchev–Trinajstić information content (AvgIpc) is 3.27. The summed E-state index contributed by atoms with van der Waals surface area (Å²) in [7, 11) is 2.78. The van der Waals surface area contributed by atoms with Crippen molar-refractivity contribution in [1.29, 1.82) is 0 Å². The van der Waals surface area contributed by atoms with E-state index in [1.165, 1.54) is 49.6 Å². The van der Waals surface area contributed by atoms with Crippen LogP contribution >= 0.6 is 0 Å². The number of carbonyl (C=O) groups is 2. The Morgan fingerprint density at radius 3 is 1.38 bits per heavy atom. The van der Waals surface area contributed by atoms with Crippen molar-refractivity contribution >= 4 is 11.9 Å². The Morgan fingerprint density at radius 2 is 0.983 bits per heavy atom. The maximum Gasteiger partial charge on any atom is 0.338 e. The van der Waals surface area contributed by atoms with E-state index in [1.54, 1.807) is 61.2 Å². The molecule has 58 heavy (non-hydrogen) atoms. The van der Waals surface area contributed by atoms with Gasteiger partial charge >= 0.3 is 11.9 Å². The van der Waals surface area contributed by atoms with Crippen molar-refractivity contribution < 1.29 is 37.3 Å². The summed E-state index contributed by atoms with van der Waals surface area (Å²) in [5.41, 5.74) is 9.20. The van der Waals surface area contributed by atoms with Gasteiger partial charge in [0.25, 0.3) is 0 Å². The van der Waals surface area contributed by atoms with E-state index in [1.807, 2.05) is 12.1 Å². The number of aromatic nitrogens is 2. The van der Waals surface area contributed by atoms with Gasteiger partial charge in [-0.05, 0) is 143 Å². The number of carbonyl (C=O) groups excluding carboxylic acids is 2. The fourth-order valence-corrected chi connectivity index (χ4v) is 7.70. The van der Waals surface area contributed by atoms with Crippen LogP contribution in [0.1, 0.15) is 80.5 Å². The first-order chi connectivity index (χ1) is 28.3. The van der Waals surface area contributed by atoms with E-state index in [0.717, 1.165) is 83.4 Å². The van der Waals surface area contributed by atoms with Gasteiger partial charge in [-0.2, -0.15) is 0 Å². The van der Waals surface area contributed by atoms with E-state index in [-0.39, 0.29) is 23.6 Å². The molecule has 6 aromatic rings. The minimum Gasteiger partial charge on any atom is -0.493 e. The molecular weight excluding hydrogens is 739 g/mol. The number of halogens is 2. The van der Waals surface area contributed by atoms with Gasteiger partial charge in [-0.15, -0.1) is 0 Å². The lowest BCUT2D eigenvalue weighted by molar-refractivity contribution is 0.0590. The third-order valence-corrected chi connectivity index (χ3v) is 10.9. The summed E-state index contributed by atoms with van der Waals surface area (Å²) >= 11 is 0. The SMILES string of the molecule is COC(=O)c1ccncc1CC[C@@H]1CCOc2cc(-c3ccc(F)cc3)ccc21.COC(=O)c1ccncc1CC[C@H]1CCOc2cc(-c3ccc(F)cc3)ccc21. The summed E-state index contributed by atoms with van der Waals surface area (Å²) < 4.78 is 48.0. The van der Waals surface area contributed by atoms with E-state index in [9.17, 15) is 18.4 Å². The average molecular weight is 783 g/mol. The molecular formula is C48H44F2N2O6. The van der Waals surface area contributed by atoms with Gasteiger partial charge in [0, 0.05) is 24.8 Å². The van der Waals surface area contributed by atoms with Crippen LogP contribution in [-0.4, -0.2) is 49.3 Å². The van der Waals surface area contributed by atoms with Crippen molar-refractivity contribution in [3.63, 3.8) is 0 Å². The molecule has 2 aliphatic rings. The van der Waals surface area contributed by atoms with Crippen LogP contribution in [0.25, 0.3) is 22.3 Å². The molecule has 10 heteroatoms. The number of nitrogens with zero attached hydrogens (tertiary/aromatic N) is 2. The van der Waals surface area contributed by atoms with Crippen molar-refractivity contribution in [2.45, 2.75) is 50.4 Å². The van der Waals surface area contributed by atoms with Crippen LogP contribution in [0, 0.1) is 11.6 Å². The highest BCUT2D eigenvalue weighted by molar-refractivity contribution is 5.91. The Balaban J connectivity index is 0.000000177. The molecule has 2 aliphatic heterocycles. The number of benzene rings is 4. The molecule has 2 aromatic heterocycles. The lowest BCUT2D eigenvalue weighted by Crippen LogP contribution is -2.15. The van der Waals surface area contributed by atoms with Crippen LogP contribution < -0.4 is 9.47 Å². The number of ether oxygens (including phenoxy) is 4. The molecule has 0 unspecified atom stereocenters. The Hall–Kier alpha value is -6.42. The normalized spacial score (nSPS) is 15.3. The van der Waals surface area contributed by atoms with Crippen LogP contribution in [0.15, 0.2) is 122 Å². The molecule has 2 atom stereocenters. The Kier molecular flexibility index (Phi) is 12.8. The number of aryl methyl sites for hydroxylation is 2. The van der Waals surface area contributed by atoms with E-state index >= 15 is 0 Å². The molecule has 0 aliphatic carbocycles. The second-order valence-corrected chi connectivity index (χ2v) is 14.3. The van der Waals surface area contributed by atoms with Gasteiger partial charge in [-0.25, -0.2) is 18.4 Å². The molecule has 0 saturated heterocycles. The van der Waals surface area contributed by atoms with Crippen molar-refractivity contribution in [1.82, 2.24) is 9.97 Å². The van der Waals surface area contributed by atoms with Crippen LogP contribution in [0.2, 0.25) is 0 Å². The van der Waals surface area contributed by atoms with Crippen molar-refractivity contribution in [2.75, 3.05) is 27.4 Å². The van der Waals surface area contributed by atoms with Gasteiger partial charge in [0.15, 0.2) is 0 Å². The van der Waals surface area contributed by atoms with Crippen molar-refractivity contribution in [2.24, 2.45) is 0 Å². The minimum absolute atomic E-state index is 0.246. The van der Waals surface area contributed by atoms with Gasteiger partial charge in [0.1, 0.15) is 23.1 Å². The standard InChI is InChI=1S/2C24H22FNO3/c2*1-28-24(27)22-10-12-26-15-19(22)3-2-17-11-13-29-23-14-18(6-9-21(17)23)16-4-7-20(25)8-5-16/h2*4-10,12,14-15,17H,2-3,11,13H2,1H3/t2*17-/m10/s1. The molecule has 0 bridgehead atoms. The van der Waals surface area contributed by atoms with Crippen LogP contribution in [0.3, 0.4) is 0 Å².